The average Bonchev–Trinajstić information content (AvgIpc) is 3.26. The second-order valence-electron chi connectivity index (χ2n) is 8.55. The summed E-state index contributed by atoms with van der Waals surface area (Å²) in [4.78, 5) is 15.1. The largest absolute Gasteiger partial charge is 0.454 e. The molecule has 164 valence electrons. The van der Waals surface area contributed by atoms with Gasteiger partial charge in [-0.25, -0.2) is 8.42 Å². The van der Waals surface area contributed by atoms with Crippen LogP contribution in [-0.2, 0) is 10.0 Å². The molecule has 2 aromatic rings. The highest BCUT2D eigenvalue weighted by Gasteiger charge is 2.33. The molecule has 7 nitrogen and oxygen atoms in total. The smallest absolute Gasteiger partial charge is 0.261 e. The molecule has 5 rings (SSSR count). The fourth-order valence-corrected chi connectivity index (χ4v) is 6.03. The average molecular weight is 443 g/mol. The monoisotopic (exact) mass is 442 g/mol. The van der Waals surface area contributed by atoms with Gasteiger partial charge in [0, 0.05) is 24.7 Å². The Hall–Kier alpha value is -2.74. The van der Waals surface area contributed by atoms with Gasteiger partial charge < -0.3 is 14.4 Å². The lowest BCUT2D eigenvalue weighted by molar-refractivity contribution is 0.0520. The summed E-state index contributed by atoms with van der Waals surface area (Å²) in [6.45, 7) is 1.64. The molecule has 8 heteroatoms. The molecule has 2 heterocycles. The Labute approximate surface area is 182 Å². The van der Waals surface area contributed by atoms with Crippen LogP contribution < -0.4 is 14.2 Å². The molecule has 1 N–H and O–H groups in total. The van der Waals surface area contributed by atoms with Gasteiger partial charge in [0.25, 0.3) is 15.9 Å². The van der Waals surface area contributed by atoms with Gasteiger partial charge in [-0.3, -0.25) is 9.52 Å². The van der Waals surface area contributed by atoms with Crippen molar-refractivity contribution in [2.75, 3.05) is 24.6 Å². The van der Waals surface area contributed by atoms with Crippen LogP contribution in [0.2, 0.25) is 0 Å². The van der Waals surface area contributed by atoms with E-state index in [1.165, 1.54) is 37.8 Å². The maximum Gasteiger partial charge on any atom is 0.261 e. The summed E-state index contributed by atoms with van der Waals surface area (Å²) in [6, 6.07) is 11.1. The molecule has 0 bridgehead atoms. The summed E-state index contributed by atoms with van der Waals surface area (Å²) in [5.41, 5.74) is 0.781. The molecule has 0 radical (unpaired) electrons. The number of anilines is 1. The number of hydrogen-bond acceptors (Lipinski definition) is 5. The zero-order chi connectivity index (χ0) is 21.4. The number of ether oxygens (including phenoxy) is 2. The van der Waals surface area contributed by atoms with Crippen LogP contribution >= 0.6 is 0 Å². The zero-order valence-electron chi connectivity index (χ0n) is 17.2. The van der Waals surface area contributed by atoms with Gasteiger partial charge in [0.1, 0.15) is 0 Å². The SMILES string of the molecule is O=C(c1cccc(S(=O)(=O)Nc2ccc3c(c2)OCO3)c1)N1CC[C@H]2CCCC[C@@H]2C1. The third-order valence-corrected chi connectivity index (χ3v) is 7.97. The highest BCUT2D eigenvalue weighted by molar-refractivity contribution is 7.92. The summed E-state index contributed by atoms with van der Waals surface area (Å²) in [7, 11) is -3.85. The molecule has 2 aliphatic heterocycles. The standard InChI is InChI=1S/C23H26N2O5S/c26-23(25-11-10-16-4-1-2-5-18(16)14-25)17-6-3-7-20(12-17)31(27,28)24-19-8-9-21-22(13-19)30-15-29-21/h3,6-9,12-13,16,18,24H,1-2,4-5,10-11,14-15H2/t16-,18-/m1/s1. The van der Waals surface area contributed by atoms with E-state index in [4.69, 9.17) is 9.47 Å². The Kier molecular flexibility index (Phi) is 5.25. The molecule has 1 saturated heterocycles. The van der Waals surface area contributed by atoms with Gasteiger partial charge in [-0.15, -0.1) is 0 Å². The van der Waals surface area contributed by atoms with Gasteiger partial charge in [-0.05, 0) is 55.0 Å². The van der Waals surface area contributed by atoms with E-state index >= 15 is 0 Å². The van der Waals surface area contributed by atoms with E-state index in [2.05, 4.69) is 4.72 Å². The third kappa shape index (κ3) is 4.08. The number of nitrogens with one attached hydrogen (secondary N) is 1. The first-order valence-corrected chi connectivity index (χ1v) is 12.3. The van der Waals surface area contributed by atoms with E-state index in [0.29, 0.717) is 28.7 Å². The van der Waals surface area contributed by atoms with Gasteiger partial charge in [0.15, 0.2) is 11.5 Å². The van der Waals surface area contributed by atoms with Crippen molar-refractivity contribution in [3.8, 4) is 11.5 Å². The number of piperidine rings is 1. The lowest BCUT2D eigenvalue weighted by atomic mass is 9.75. The Morgan fingerprint density at radius 2 is 1.77 bits per heavy atom. The second kappa shape index (κ2) is 8.07. The molecule has 31 heavy (non-hydrogen) atoms. The van der Waals surface area contributed by atoms with Crippen molar-refractivity contribution < 1.29 is 22.7 Å². The van der Waals surface area contributed by atoms with Crippen LogP contribution in [0.1, 0.15) is 42.5 Å². The molecular formula is C23H26N2O5S. The summed E-state index contributed by atoms with van der Waals surface area (Å²) < 4.78 is 39.0. The van der Waals surface area contributed by atoms with Crippen LogP contribution in [0.5, 0.6) is 11.5 Å². The van der Waals surface area contributed by atoms with Gasteiger partial charge in [-0.2, -0.15) is 0 Å². The lowest BCUT2D eigenvalue weighted by Gasteiger charge is -2.41. The van der Waals surface area contributed by atoms with Gasteiger partial charge in [0.2, 0.25) is 6.79 Å². The number of amides is 1. The Morgan fingerprint density at radius 3 is 2.65 bits per heavy atom. The number of benzene rings is 2. The van der Waals surface area contributed by atoms with Gasteiger partial charge >= 0.3 is 0 Å². The van der Waals surface area contributed by atoms with E-state index in [1.54, 1.807) is 30.3 Å². The number of likely N-dealkylation sites (tertiary alicyclic amines) is 1. The molecule has 1 aliphatic carbocycles. The van der Waals surface area contributed by atoms with Crippen molar-refractivity contribution in [1.29, 1.82) is 0 Å². The number of sulfonamides is 1. The Morgan fingerprint density at radius 1 is 0.968 bits per heavy atom. The minimum atomic E-state index is -3.85. The normalized spacial score (nSPS) is 22.6. The van der Waals surface area contributed by atoms with Crippen LogP contribution in [0.15, 0.2) is 47.4 Å². The molecule has 2 aromatic carbocycles. The van der Waals surface area contributed by atoms with E-state index in [1.807, 2.05) is 4.90 Å². The second-order valence-corrected chi connectivity index (χ2v) is 10.2. The highest BCUT2D eigenvalue weighted by atomic mass is 32.2. The number of rotatable bonds is 4. The topological polar surface area (TPSA) is 84.9 Å². The van der Waals surface area contributed by atoms with E-state index < -0.39 is 10.0 Å². The number of carbonyl (C=O) groups is 1. The van der Waals surface area contributed by atoms with Crippen molar-refractivity contribution in [2.24, 2.45) is 11.8 Å². The zero-order valence-corrected chi connectivity index (χ0v) is 18.1. The van der Waals surface area contributed by atoms with Crippen molar-refractivity contribution in [2.45, 2.75) is 37.0 Å². The summed E-state index contributed by atoms with van der Waals surface area (Å²) >= 11 is 0. The highest BCUT2D eigenvalue weighted by Crippen LogP contribution is 2.37. The van der Waals surface area contributed by atoms with Crippen molar-refractivity contribution in [1.82, 2.24) is 4.90 Å². The molecular weight excluding hydrogens is 416 g/mol. The maximum absolute atomic E-state index is 13.1. The predicted molar refractivity (Wildman–Crippen MR) is 116 cm³/mol. The quantitative estimate of drug-likeness (QED) is 0.777. The van der Waals surface area contributed by atoms with E-state index in [0.717, 1.165) is 25.4 Å². The first kappa shape index (κ1) is 20.2. The van der Waals surface area contributed by atoms with Crippen LogP contribution in [-0.4, -0.2) is 39.1 Å². The summed E-state index contributed by atoms with van der Waals surface area (Å²) in [5.74, 6) is 2.29. The Balaban J connectivity index is 1.32. The summed E-state index contributed by atoms with van der Waals surface area (Å²) in [5, 5.41) is 0. The molecule has 2 atom stereocenters. The minimum absolute atomic E-state index is 0.0589. The van der Waals surface area contributed by atoms with Crippen molar-refractivity contribution in [3.63, 3.8) is 0 Å². The van der Waals surface area contributed by atoms with Crippen LogP contribution in [0.25, 0.3) is 0 Å². The number of carbonyl (C=O) groups excluding carboxylic acids is 1. The molecule has 2 fully saturated rings. The Bertz CT molecular complexity index is 1100. The summed E-state index contributed by atoms with van der Waals surface area (Å²) in [6.07, 6.45) is 6.03. The van der Waals surface area contributed by atoms with Crippen LogP contribution in [0.3, 0.4) is 0 Å². The predicted octanol–water partition coefficient (Wildman–Crippen LogP) is 3.87. The fraction of sp³-hybridized carbons (Fsp3) is 0.435. The molecule has 1 amide bonds. The number of hydrogen-bond donors (Lipinski definition) is 1. The first-order valence-electron chi connectivity index (χ1n) is 10.8. The molecule has 1 saturated carbocycles. The molecule has 0 aromatic heterocycles. The fourth-order valence-electron chi connectivity index (χ4n) is 4.94. The number of nitrogens with zero attached hydrogens (tertiary/aromatic N) is 1. The van der Waals surface area contributed by atoms with E-state index in [9.17, 15) is 13.2 Å². The lowest BCUT2D eigenvalue weighted by Crippen LogP contribution is -2.44. The number of fused-ring (bicyclic) bond motifs is 2. The minimum Gasteiger partial charge on any atom is -0.454 e. The molecule has 0 spiro atoms. The van der Waals surface area contributed by atoms with E-state index in [-0.39, 0.29) is 17.6 Å². The third-order valence-electron chi connectivity index (χ3n) is 6.59. The van der Waals surface area contributed by atoms with Crippen LogP contribution in [0.4, 0.5) is 5.69 Å². The maximum atomic E-state index is 13.1. The van der Waals surface area contributed by atoms with Gasteiger partial charge in [0.05, 0.1) is 10.6 Å². The van der Waals surface area contributed by atoms with Crippen LogP contribution in [0, 0.1) is 11.8 Å². The molecule has 3 aliphatic rings. The van der Waals surface area contributed by atoms with Crippen molar-refractivity contribution in [3.05, 3.63) is 48.0 Å². The molecule has 0 unspecified atom stereocenters. The van der Waals surface area contributed by atoms with Crippen molar-refractivity contribution >= 4 is 21.6 Å². The van der Waals surface area contributed by atoms with Gasteiger partial charge in [-0.1, -0.05) is 25.3 Å². The first-order chi connectivity index (χ1) is 15.0.